The number of fused-ring (bicyclic) bond motifs is 1. The molecule has 8 heteroatoms. The molecule has 3 rings (SSSR count). The summed E-state index contributed by atoms with van der Waals surface area (Å²) in [6, 6.07) is 8.27. The molecule has 1 aromatic carbocycles. The van der Waals surface area contributed by atoms with Crippen LogP contribution in [-0.2, 0) is 6.18 Å². The summed E-state index contributed by atoms with van der Waals surface area (Å²) in [6.07, 6.45) is -3.44. The molecule has 0 aliphatic rings. The molecule has 23 heavy (non-hydrogen) atoms. The Morgan fingerprint density at radius 1 is 1.00 bits per heavy atom. The Labute approximate surface area is 127 Å². The van der Waals surface area contributed by atoms with Crippen LogP contribution in [0.2, 0.25) is 0 Å². The van der Waals surface area contributed by atoms with E-state index in [0.717, 1.165) is 12.1 Å². The van der Waals surface area contributed by atoms with E-state index in [9.17, 15) is 18.0 Å². The van der Waals surface area contributed by atoms with E-state index in [1.54, 1.807) is 12.1 Å². The lowest BCUT2D eigenvalue weighted by Crippen LogP contribution is -2.11. The maximum Gasteiger partial charge on any atom is 0.418 e. The lowest BCUT2D eigenvalue weighted by molar-refractivity contribution is -0.137. The van der Waals surface area contributed by atoms with Gasteiger partial charge in [0.25, 0.3) is 0 Å². The van der Waals surface area contributed by atoms with Gasteiger partial charge in [0.1, 0.15) is 11.4 Å². The molecule has 0 aliphatic heterocycles. The molecule has 0 aliphatic carbocycles. The van der Waals surface area contributed by atoms with Gasteiger partial charge >= 0.3 is 12.1 Å². The summed E-state index contributed by atoms with van der Waals surface area (Å²) in [4.78, 5) is 22.5. The molecule has 1 N–H and O–H groups in total. The van der Waals surface area contributed by atoms with Gasteiger partial charge in [-0.3, -0.25) is 4.98 Å². The third-order valence-electron chi connectivity index (χ3n) is 3.13. The number of carbonyl (C=O) groups is 1. The van der Waals surface area contributed by atoms with E-state index < -0.39 is 29.2 Å². The molecular formula is C15H8F3N3O2. The number of alkyl halides is 3. The Balaban J connectivity index is 2.39. The fourth-order valence-electron chi connectivity index (χ4n) is 2.18. The van der Waals surface area contributed by atoms with Crippen molar-refractivity contribution in [3.8, 4) is 11.4 Å². The molecule has 0 amide bonds. The molecule has 0 unspecified atom stereocenters. The first-order chi connectivity index (χ1) is 10.9. The maximum atomic E-state index is 13.2. The number of benzene rings is 1. The topological polar surface area (TPSA) is 76.0 Å². The third kappa shape index (κ3) is 2.70. The standard InChI is InChI=1S/C15H8F3N3O2/c16-15(17,18)9-5-3-7-19-12(9)11-8-4-1-2-6-10(8)20-13(21-11)14(22)23/h1-7H,(H,22,23). The molecule has 0 bridgehead atoms. The smallest absolute Gasteiger partial charge is 0.418 e. The minimum Gasteiger partial charge on any atom is -0.475 e. The van der Waals surface area contributed by atoms with Gasteiger partial charge in [0.05, 0.1) is 11.1 Å². The molecular weight excluding hydrogens is 311 g/mol. The van der Waals surface area contributed by atoms with Crippen molar-refractivity contribution in [3.05, 3.63) is 54.0 Å². The number of rotatable bonds is 2. The molecule has 5 nitrogen and oxygen atoms in total. The quantitative estimate of drug-likeness (QED) is 0.783. The van der Waals surface area contributed by atoms with Crippen molar-refractivity contribution in [3.63, 3.8) is 0 Å². The van der Waals surface area contributed by atoms with E-state index in [-0.39, 0.29) is 11.2 Å². The predicted octanol–water partition coefficient (Wildman–Crippen LogP) is 3.41. The van der Waals surface area contributed by atoms with Gasteiger partial charge in [-0.2, -0.15) is 13.2 Å². The largest absolute Gasteiger partial charge is 0.475 e. The van der Waals surface area contributed by atoms with Crippen molar-refractivity contribution in [1.82, 2.24) is 15.0 Å². The molecule has 3 aromatic rings. The minimum atomic E-state index is -4.64. The first-order valence-electron chi connectivity index (χ1n) is 6.40. The van der Waals surface area contributed by atoms with E-state index in [4.69, 9.17) is 5.11 Å². The Bertz CT molecular complexity index is 910. The van der Waals surface area contributed by atoms with Crippen LogP contribution in [0.25, 0.3) is 22.3 Å². The number of nitrogens with zero attached hydrogens (tertiary/aromatic N) is 3. The number of pyridine rings is 1. The average molecular weight is 319 g/mol. The third-order valence-corrected chi connectivity index (χ3v) is 3.13. The number of aromatic nitrogens is 3. The first-order valence-corrected chi connectivity index (χ1v) is 6.40. The fourth-order valence-corrected chi connectivity index (χ4v) is 2.18. The van der Waals surface area contributed by atoms with Gasteiger partial charge in [0.15, 0.2) is 0 Å². The van der Waals surface area contributed by atoms with E-state index in [1.807, 2.05) is 0 Å². The van der Waals surface area contributed by atoms with Gasteiger partial charge in [-0.05, 0) is 18.2 Å². The van der Waals surface area contributed by atoms with Crippen molar-refractivity contribution < 1.29 is 23.1 Å². The number of carboxylic acids is 1. The number of para-hydroxylation sites is 1. The molecule has 0 fully saturated rings. The Morgan fingerprint density at radius 3 is 2.43 bits per heavy atom. The fraction of sp³-hybridized carbons (Fsp3) is 0.0667. The second-order valence-corrected chi connectivity index (χ2v) is 4.62. The molecule has 0 spiro atoms. The number of hydrogen-bond acceptors (Lipinski definition) is 4. The highest BCUT2D eigenvalue weighted by Gasteiger charge is 2.35. The lowest BCUT2D eigenvalue weighted by Gasteiger charge is -2.13. The monoisotopic (exact) mass is 319 g/mol. The maximum absolute atomic E-state index is 13.2. The van der Waals surface area contributed by atoms with Crippen molar-refractivity contribution >= 4 is 16.9 Å². The highest BCUT2D eigenvalue weighted by molar-refractivity contribution is 5.95. The summed E-state index contributed by atoms with van der Waals surface area (Å²) >= 11 is 0. The van der Waals surface area contributed by atoms with Gasteiger partial charge in [-0.15, -0.1) is 0 Å². The van der Waals surface area contributed by atoms with E-state index in [2.05, 4.69) is 15.0 Å². The number of carboxylic acid groups (broad SMARTS) is 1. The van der Waals surface area contributed by atoms with Gasteiger partial charge < -0.3 is 5.11 Å². The van der Waals surface area contributed by atoms with Gasteiger partial charge in [0, 0.05) is 11.6 Å². The van der Waals surface area contributed by atoms with Crippen LogP contribution in [-0.4, -0.2) is 26.0 Å². The van der Waals surface area contributed by atoms with Crippen LogP contribution in [0, 0.1) is 0 Å². The van der Waals surface area contributed by atoms with Gasteiger partial charge in [-0.1, -0.05) is 18.2 Å². The van der Waals surface area contributed by atoms with Crippen molar-refractivity contribution in [2.75, 3.05) is 0 Å². The number of halogens is 3. The Morgan fingerprint density at radius 2 is 1.74 bits per heavy atom. The Kier molecular flexibility index (Phi) is 3.44. The van der Waals surface area contributed by atoms with Crippen LogP contribution >= 0.6 is 0 Å². The minimum absolute atomic E-state index is 0.166. The molecule has 116 valence electrons. The van der Waals surface area contributed by atoms with Crippen LogP contribution in [0.4, 0.5) is 13.2 Å². The normalized spacial score (nSPS) is 11.6. The van der Waals surface area contributed by atoms with Crippen LogP contribution < -0.4 is 0 Å². The second-order valence-electron chi connectivity index (χ2n) is 4.62. The van der Waals surface area contributed by atoms with Crippen LogP contribution in [0.5, 0.6) is 0 Å². The number of hydrogen-bond donors (Lipinski definition) is 1. The summed E-state index contributed by atoms with van der Waals surface area (Å²) < 4.78 is 39.6. The van der Waals surface area contributed by atoms with Gasteiger partial charge in [-0.25, -0.2) is 14.8 Å². The van der Waals surface area contributed by atoms with E-state index in [1.165, 1.54) is 18.3 Å². The summed E-state index contributed by atoms with van der Waals surface area (Å²) in [7, 11) is 0. The highest BCUT2D eigenvalue weighted by atomic mass is 19.4. The molecule has 2 heterocycles. The number of aromatic carboxylic acids is 1. The van der Waals surface area contributed by atoms with Crippen molar-refractivity contribution in [2.24, 2.45) is 0 Å². The SMILES string of the molecule is O=C(O)c1nc(-c2ncccc2C(F)(F)F)c2ccccc2n1. The second kappa shape index (κ2) is 5.31. The van der Waals surface area contributed by atoms with Crippen LogP contribution in [0.1, 0.15) is 16.2 Å². The first kappa shape index (κ1) is 14.9. The summed E-state index contributed by atoms with van der Waals surface area (Å²) in [5.41, 5.74) is -1.35. The summed E-state index contributed by atoms with van der Waals surface area (Å²) in [6.45, 7) is 0. The van der Waals surface area contributed by atoms with Crippen LogP contribution in [0.3, 0.4) is 0 Å². The van der Waals surface area contributed by atoms with E-state index >= 15 is 0 Å². The summed E-state index contributed by atoms with van der Waals surface area (Å²) in [5, 5.41) is 9.37. The summed E-state index contributed by atoms with van der Waals surface area (Å²) in [5.74, 6) is -2.01. The highest BCUT2D eigenvalue weighted by Crippen LogP contribution is 2.37. The van der Waals surface area contributed by atoms with E-state index in [0.29, 0.717) is 5.39 Å². The zero-order valence-electron chi connectivity index (χ0n) is 11.4. The zero-order chi connectivity index (χ0) is 16.6. The molecule has 2 aromatic heterocycles. The zero-order valence-corrected chi connectivity index (χ0v) is 11.4. The molecule has 0 saturated heterocycles. The van der Waals surface area contributed by atoms with Crippen LogP contribution in [0.15, 0.2) is 42.6 Å². The van der Waals surface area contributed by atoms with Crippen molar-refractivity contribution in [1.29, 1.82) is 0 Å². The average Bonchev–Trinajstić information content (AvgIpc) is 2.53. The molecule has 0 saturated carbocycles. The molecule has 0 radical (unpaired) electrons. The molecule has 0 atom stereocenters. The Hall–Kier alpha value is -3.03. The lowest BCUT2D eigenvalue weighted by atomic mass is 10.1. The van der Waals surface area contributed by atoms with Crippen molar-refractivity contribution in [2.45, 2.75) is 6.18 Å². The van der Waals surface area contributed by atoms with Gasteiger partial charge in [0.2, 0.25) is 5.82 Å². The predicted molar refractivity (Wildman–Crippen MR) is 74.7 cm³/mol.